The Morgan fingerprint density at radius 1 is 1.36 bits per heavy atom. The Hall–Kier alpha value is -2.38. The van der Waals surface area contributed by atoms with Gasteiger partial charge in [0.25, 0.3) is 5.91 Å². The molecule has 1 aromatic heterocycles. The second-order valence-electron chi connectivity index (χ2n) is 5.97. The monoisotopic (exact) mass is 363 g/mol. The third-order valence-electron chi connectivity index (χ3n) is 4.30. The first-order valence-corrected chi connectivity index (χ1v) is 8.17. The molecular formula is C17H18ClN3O4. The number of aliphatic carboxylic acids is 1. The van der Waals surface area contributed by atoms with Crippen LogP contribution in [0.4, 0.5) is 0 Å². The van der Waals surface area contributed by atoms with Gasteiger partial charge in [0, 0.05) is 30.8 Å². The number of hydrogen-bond acceptors (Lipinski definition) is 4. The quantitative estimate of drug-likeness (QED) is 0.899. The fourth-order valence-corrected chi connectivity index (χ4v) is 3.21. The molecule has 7 nitrogen and oxygen atoms in total. The first kappa shape index (κ1) is 17.4. The van der Waals surface area contributed by atoms with E-state index in [2.05, 4.69) is 5.10 Å². The SMILES string of the molecule is COC1CC(C(=O)O)N(C(=O)c2cc(C)n(-c3cccc(Cl)c3)n2)C1. The zero-order chi connectivity index (χ0) is 18.1. The number of carbonyl (C=O) groups is 2. The van der Waals surface area contributed by atoms with E-state index in [1.54, 1.807) is 28.9 Å². The summed E-state index contributed by atoms with van der Waals surface area (Å²) in [6.07, 6.45) is -0.0212. The van der Waals surface area contributed by atoms with Crippen molar-refractivity contribution in [1.29, 1.82) is 0 Å². The van der Waals surface area contributed by atoms with Crippen LogP contribution in [0.15, 0.2) is 30.3 Å². The average Bonchev–Trinajstić information content (AvgIpc) is 3.18. The number of likely N-dealkylation sites (tertiary alicyclic amines) is 1. The molecule has 0 radical (unpaired) electrons. The van der Waals surface area contributed by atoms with Crippen LogP contribution < -0.4 is 0 Å². The Kier molecular flexibility index (Phi) is 4.78. The van der Waals surface area contributed by atoms with Gasteiger partial charge in [0.2, 0.25) is 0 Å². The lowest BCUT2D eigenvalue weighted by Gasteiger charge is -2.19. The van der Waals surface area contributed by atoms with Crippen LogP contribution in [0.2, 0.25) is 5.02 Å². The molecule has 1 N–H and O–H groups in total. The summed E-state index contributed by atoms with van der Waals surface area (Å²) in [5.74, 6) is -1.46. The maximum Gasteiger partial charge on any atom is 0.326 e. The fourth-order valence-electron chi connectivity index (χ4n) is 3.02. The Labute approximate surface area is 149 Å². The lowest BCUT2D eigenvalue weighted by molar-refractivity contribution is -0.141. The van der Waals surface area contributed by atoms with Gasteiger partial charge in [0.05, 0.1) is 11.8 Å². The summed E-state index contributed by atoms with van der Waals surface area (Å²) in [6.45, 7) is 2.05. The van der Waals surface area contributed by atoms with E-state index in [9.17, 15) is 14.7 Å². The number of hydrogen-bond donors (Lipinski definition) is 1. The topological polar surface area (TPSA) is 84.7 Å². The van der Waals surface area contributed by atoms with Gasteiger partial charge in [0.15, 0.2) is 5.69 Å². The number of halogens is 1. The number of rotatable bonds is 4. The smallest absolute Gasteiger partial charge is 0.326 e. The summed E-state index contributed by atoms with van der Waals surface area (Å²) < 4.78 is 6.83. The van der Waals surface area contributed by atoms with Crippen molar-refractivity contribution in [3.63, 3.8) is 0 Å². The molecule has 2 unspecified atom stereocenters. The molecule has 0 saturated carbocycles. The third kappa shape index (κ3) is 3.38. The maximum absolute atomic E-state index is 12.8. The minimum atomic E-state index is -1.04. The number of amides is 1. The van der Waals surface area contributed by atoms with Crippen molar-refractivity contribution in [2.75, 3.05) is 13.7 Å². The van der Waals surface area contributed by atoms with Crippen molar-refractivity contribution in [1.82, 2.24) is 14.7 Å². The second kappa shape index (κ2) is 6.85. The van der Waals surface area contributed by atoms with Crippen molar-refractivity contribution >= 4 is 23.5 Å². The molecule has 0 bridgehead atoms. The van der Waals surface area contributed by atoms with Crippen LogP contribution in [0.1, 0.15) is 22.6 Å². The summed E-state index contributed by atoms with van der Waals surface area (Å²) in [7, 11) is 1.51. The molecule has 1 aliphatic heterocycles. The first-order valence-electron chi connectivity index (χ1n) is 7.80. The number of carboxylic acid groups (broad SMARTS) is 1. The van der Waals surface area contributed by atoms with Crippen molar-refractivity contribution < 1.29 is 19.4 Å². The molecule has 1 fully saturated rings. The predicted molar refractivity (Wildman–Crippen MR) is 91.2 cm³/mol. The van der Waals surface area contributed by atoms with E-state index < -0.39 is 17.9 Å². The minimum Gasteiger partial charge on any atom is -0.480 e. The molecule has 25 heavy (non-hydrogen) atoms. The number of carboxylic acids is 1. The van der Waals surface area contributed by atoms with Crippen LogP contribution in [0.3, 0.4) is 0 Å². The molecule has 1 aromatic carbocycles. The molecule has 2 atom stereocenters. The fraction of sp³-hybridized carbons (Fsp3) is 0.353. The Balaban J connectivity index is 1.90. The van der Waals surface area contributed by atoms with Crippen LogP contribution >= 0.6 is 11.6 Å². The zero-order valence-corrected chi connectivity index (χ0v) is 14.6. The third-order valence-corrected chi connectivity index (χ3v) is 4.54. The Morgan fingerprint density at radius 3 is 2.76 bits per heavy atom. The number of carbonyl (C=O) groups excluding carboxylic acids is 1. The maximum atomic E-state index is 12.8. The largest absolute Gasteiger partial charge is 0.480 e. The van der Waals surface area contributed by atoms with Crippen molar-refractivity contribution in [3.8, 4) is 5.69 Å². The van der Waals surface area contributed by atoms with E-state index in [0.717, 1.165) is 11.4 Å². The Bertz CT molecular complexity index is 820. The summed E-state index contributed by atoms with van der Waals surface area (Å²) in [4.78, 5) is 25.5. The summed E-state index contributed by atoms with van der Waals surface area (Å²) >= 11 is 6.01. The highest BCUT2D eigenvalue weighted by Crippen LogP contribution is 2.23. The summed E-state index contributed by atoms with van der Waals surface area (Å²) in [6, 6.07) is 7.85. The molecule has 2 heterocycles. The molecular weight excluding hydrogens is 346 g/mol. The number of aryl methyl sites for hydroxylation is 1. The van der Waals surface area contributed by atoms with E-state index >= 15 is 0 Å². The molecule has 132 valence electrons. The van der Waals surface area contributed by atoms with Gasteiger partial charge < -0.3 is 14.7 Å². The van der Waals surface area contributed by atoms with E-state index in [0.29, 0.717) is 5.02 Å². The van der Waals surface area contributed by atoms with Crippen LogP contribution in [-0.4, -0.2) is 57.5 Å². The molecule has 3 rings (SSSR count). The number of methoxy groups -OCH3 is 1. The zero-order valence-electron chi connectivity index (χ0n) is 13.8. The highest BCUT2D eigenvalue weighted by molar-refractivity contribution is 6.30. The second-order valence-corrected chi connectivity index (χ2v) is 6.40. The lowest BCUT2D eigenvalue weighted by Crippen LogP contribution is -2.40. The number of nitrogens with zero attached hydrogens (tertiary/aromatic N) is 3. The number of aromatic nitrogens is 2. The van der Waals surface area contributed by atoms with Gasteiger partial charge in [-0.15, -0.1) is 0 Å². The van der Waals surface area contributed by atoms with Gasteiger partial charge >= 0.3 is 5.97 Å². The van der Waals surface area contributed by atoms with E-state index in [-0.39, 0.29) is 24.8 Å². The normalized spacial score (nSPS) is 20.0. The van der Waals surface area contributed by atoms with Crippen molar-refractivity contribution in [2.24, 2.45) is 0 Å². The number of ether oxygens (including phenoxy) is 1. The van der Waals surface area contributed by atoms with Gasteiger partial charge in [-0.1, -0.05) is 17.7 Å². The standard InChI is InChI=1S/C17H18ClN3O4/c1-10-6-14(19-21(10)12-5-3-4-11(18)7-12)16(22)20-9-13(25-2)8-15(20)17(23)24/h3-7,13,15H,8-9H2,1-2H3,(H,23,24). The molecule has 1 saturated heterocycles. The van der Waals surface area contributed by atoms with Crippen molar-refractivity contribution in [3.05, 3.63) is 46.7 Å². The highest BCUT2D eigenvalue weighted by atomic mass is 35.5. The van der Waals surface area contributed by atoms with E-state index in [4.69, 9.17) is 16.3 Å². The van der Waals surface area contributed by atoms with Crippen LogP contribution in [0.25, 0.3) is 5.69 Å². The summed E-state index contributed by atoms with van der Waals surface area (Å²) in [5.41, 5.74) is 1.68. The minimum absolute atomic E-state index is 0.195. The lowest BCUT2D eigenvalue weighted by atomic mass is 10.2. The molecule has 0 spiro atoms. The molecule has 1 amide bonds. The van der Waals surface area contributed by atoms with Crippen LogP contribution in [0.5, 0.6) is 0 Å². The van der Waals surface area contributed by atoms with Gasteiger partial charge in [-0.2, -0.15) is 5.10 Å². The van der Waals surface area contributed by atoms with E-state index in [1.165, 1.54) is 12.0 Å². The van der Waals surface area contributed by atoms with Crippen LogP contribution in [-0.2, 0) is 9.53 Å². The summed E-state index contributed by atoms with van der Waals surface area (Å²) in [5, 5.41) is 14.3. The van der Waals surface area contributed by atoms with Gasteiger partial charge in [0.1, 0.15) is 6.04 Å². The predicted octanol–water partition coefficient (Wildman–Crippen LogP) is 2.15. The number of benzene rings is 1. The molecule has 0 aliphatic carbocycles. The average molecular weight is 364 g/mol. The van der Waals surface area contributed by atoms with E-state index in [1.807, 2.05) is 13.0 Å². The van der Waals surface area contributed by atoms with Gasteiger partial charge in [-0.25, -0.2) is 9.48 Å². The molecule has 8 heteroatoms. The van der Waals surface area contributed by atoms with Gasteiger partial charge in [-0.3, -0.25) is 4.79 Å². The molecule has 2 aromatic rings. The first-order chi connectivity index (χ1) is 11.9. The van der Waals surface area contributed by atoms with Crippen molar-refractivity contribution in [2.45, 2.75) is 25.5 Å². The Morgan fingerprint density at radius 2 is 2.12 bits per heavy atom. The van der Waals surface area contributed by atoms with Crippen LogP contribution in [0, 0.1) is 6.92 Å². The molecule has 1 aliphatic rings. The highest BCUT2D eigenvalue weighted by Gasteiger charge is 2.40. The van der Waals surface area contributed by atoms with Gasteiger partial charge in [-0.05, 0) is 31.2 Å².